The molecule has 28 heavy (non-hydrogen) atoms. The Morgan fingerprint density at radius 3 is 2.64 bits per heavy atom. The van der Waals surface area contributed by atoms with Gasteiger partial charge in [-0.2, -0.15) is 10.1 Å². The number of aromatic nitrogens is 2. The maximum atomic E-state index is 11.8. The van der Waals surface area contributed by atoms with Gasteiger partial charge in [-0.15, -0.1) is 0 Å². The number of Topliss-reactive ketones (excluding diaryl/α,β-unsaturated/α-hetero) is 1. The maximum absolute atomic E-state index is 11.8. The van der Waals surface area contributed by atoms with Gasteiger partial charge >= 0.3 is 5.91 Å². The summed E-state index contributed by atoms with van der Waals surface area (Å²) in [5, 5.41) is 4.30. The predicted octanol–water partition coefficient (Wildman–Crippen LogP) is 0.823. The molecule has 1 aromatic heterocycles. The fraction of sp³-hybridized carbons (Fsp3) is 0.250. The molecule has 0 bridgehead atoms. The highest BCUT2D eigenvalue weighted by Gasteiger charge is 2.24. The molecule has 1 unspecified atom stereocenters. The molecule has 1 saturated heterocycles. The molecule has 8 heteroatoms. The number of nitrogens with zero attached hydrogens (tertiary/aromatic N) is 4. The van der Waals surface area contributed by atoms with E-state index in [0.717, 1.165) is 23.0 Å². The standard InChI is InChI=1S/C20H17N5O3/c21-17(7-18-19(26)20(27)23-12-22-18)15-5-3-13(4-6-15)1-2-14-8-24-25(9-14)16-10-28-11-16/h3-6,8-9,12,16-17H,7,10-11,21H2. The third-order valence-corrected chi connectivity index (χ3v) is 4.54. The second kappa shape index (κ2) is 7.68. The van der Waals surface area contributed by atoms with E-state index in [4.69, 9.17) is 10.5 Å². The van der Waals surface area contributed by atoms with Crippen molar-refractivity contribution < 1.29 is 14.3 Å². The van der Waals surface area contributed by atoms with Crippen molar-refractivity contribution in [2.45, 2.75) is 18.5 Å². The Labute approximate surface area is 161 Å². The van der Waals surface area contributed by atoms with Crippen molar-refractivity contribution in [1.82, 2.24) is 9.78 Å². The molecule has 0 aliphatic carbocycles. The summed E-state index contributed by atoms with van der Waals surface area (Å²) >= 11 is 0. The fourth-order valence-electron chi connectivity index (χ4n) is 2.80. The summed E-state index contributed by atoms with van der Waals surface area (Å²) in [6.07, 6.45) is 4.91. The molecule has 8 nitrogen and oxygen atoms in total. The Morgan fingerprint density at radius 2 is 1.93 bits per heavy atom. The Morgan fingerprint density at radius 1 is 1.18 bits per heavy atom. The SMILES string of the molecule is NC(CC1=NC=NC(=O)C1=O)c1ccc(C#Cc2cnn(C3COC3)c2)cc1. The predicted molar refractivity (Wildman–Crippen MR) is 102 cm³/mol. The number of hydrogen-bond acceptors (Lipinski definition) is 6. The highest BCUT2D eigenvalue weighted by atomic mass is 16.5. The molecular formula is C20H17N5O3. The molecule has 2 N–H and O–H groups in total. The number of ether oxygens (including phenoxy) is 1. The van der Waals surface area contributed by atoms with E-state index in [2.05, 4.69) is 26.9 Å². The van der Waals surface area contributed by atoms with Gasteiger partial charge in [0.25, 0.3) is 5.78 Å². The van der Waals surface area contributed by atoms with E-state index in [0.29, 0.717) is 19.3 Å². The normalized spacial score (nSPS) is 17.5. The summed E-state index contributed by atoms with van der Waals surface area (Å²) in [6, 6.07) is 7.29. The number of carbonyl (C=O) groups is 2. The molecule has 0 saturated carbocycles. The van der Waals surface area contributed by atoms with E-state index in [9.17, 15) is 9.59 Å². The van der Waals surface area contributed by atoms with Crippen LogP contribution in [-0.4, -0.2) is 46.7 Å². The number of benzene rings is 1. The van der Waals surface area contributed by atoms with Crippen molar-refractivity contribution in [2.75, 3.05) is 13.2 Å². The number of rotatable bonds is 4. The molecule has 0 radical (unpaired) electrons. The number of aliphatic imine (C=N–C) groups is 2. The Hall–Kier alpha value is -3.41. The second-order valence-electron chi connectivity index (χ2n) is 6.54. The van der Waals surface area contributed by atoms with Crippen molar-refractivity contribution in [1.29, 1.82) is 0 Å². The zero-order chi connectivity index (χ0) is 19.5. The van der Waals surface area contributed by atoms with Crippen molar-refractivity contribution in [3.63, 3.8) is 0 Å². The van der Waals surface area contributed by atoms with Crippen molar-refractivity contribution in [2.24, 2.45) is 15.7 Å². The lowest BCUT2D eigenvalue weighted by molar-refractivity contribution is -0.132. The zero-order valence-corrected chi connectivity index (χ0v) is 14.9. The maximum Gasteiger partial charge on any atom is 0.320 e. The molecule has 2 aliphatic rings. The van der Waals surface area contributed by atoms with Crippen LogP contribution in [0.2, 0.25) is 0 Å². The average molecular weight is 375 g/mol. The van der Waals surface area contributed by atoms with Crippen LogP contribution in [0.1, 0.15) is 35.2 Å². The number of amides is 1. The molecule has 1 atom stereocenters. The van der Waals surface area contributed by atoms with Crippen LogP contribution >= 0.6 is 0 Å². The molecule has 2 aromatic rings. The van der Waals surface area contributed by atoms with Crippen LogP contribution in [0, 0.1) is 11.8 Å². The van der Waals surface area contributed by atoms with E-state index in [1.165, 1.54) is 0 Å². The Bertz CT molecular complexity index is 1040. The summed E-state index contributed by atoms with van der Waals surface area (Å²) < 4.78 is 7.04. The van der Waals surface area contributed by atoms with E-state index in [-0.39, 0.29) is 12.1 Å². The number of carbonyl (C=O) groups excluding carboxylic acids is 2. The molecular weight excluding hydrogens is 358 g/mol. The summed E-state index contributed by atoms with van der Waals surface area (Å²) in [5.41, 5.74) is 8.79. The van der Waals surface area contributed by atoms with Crippen LogP contribution in [0.3, 0.4) is 0 Å². The Balaban J connectivity index is 1.40. The number of nitrogens with two attached hydrogens (primary N) is 1. The highest BCUT2D eigenvalue weighted by molar-refractivity contribution is 6.66. The van der Waals surface area contributed by atoms with Gasteiger partial charge in [0.1, 0.15) is 6.34 Å². The van der Waals surface area contributed by atoms with E-state index < -0.39 is 17.7 Å². The molecule has 1 fully saturated rings. The minimum Gasteiger partial charge on any atom is -0.377 e. The summed E-state index contributed by atoms with van der Waals surface area (Å²) in [6.45, 7) is 1.38. The lowest BCUT2D eigenvalue weighted by atomic mass is 9.98. The van der Waals surface area contributed by atoms with Gasteiger partial charge in [0.05, 0.1) is 36.7 Å². The van der Waals surface area contributed by atoms with Crippen LogP contribution in [0.5, 0.6) is 0 Å². The van der Waals surface area contributed by atoms with E-state index in [1.54, 1.807) is 6.20 Å². The van der Waals surface area contributed by atoms with Crippen LogP contribution in [0.4, 0.5) is 0 Å². The third kappa shape index (κ3) is 3.81. The first-order valence-electron chi connectivity index (χ1n) is 8.77. The first-order chi connectivity index (χ1) is 13.6. The van der Waals surface area contributed by atoms with Crippen molar-refractivity contribution in [3.05, 3.63) is 53.3 Å². The van der Waals surface area contributed by atoms with Crippen LogP contribution in [-0.2, 0) is 14.3 Å². The number of hydrogen-bond donors (Lipinski definition) is 1. The van der Waals surface area contributed by atoms with Crippen molar-refractivity contribution >= 4 is 23.7 Å². The van der Waals surface area contributed by atoms with E-state index >= 15 is 0 Å². The van der Waals surface area contributed by atoms with Crippen LogP contribution in [0.25, 0.3) is 0 Å². The third-order valence-electron chi connectivity index (χ3n) is 4.54. The van der Waals surface area contributed by atoms with Crippen molar-refractivity contribution in [3.8, 4) is 11.8 Å². The van der Waals surface area contributed by atoms with Gasteiger partial charge in [-0.1, -0.05) is 24.0 Å². The van der Waals surface area contributed by atoms with Crippen LogP contribution in [0.15, 0.2) is 46.6 Å². The highest BCUT2D eigenvalue weighted by Crippen LogP contribution is 2.18. The van der Waals surface area contributed by atoms with Gasteiger partial charge in [0, 0.05) is 24.2 Å². The fourth-order valence-corrected chi connectivity index (χ4v) is 2.80. The smallest absolute Gasteiger partial charge is 0.320 e. The monoisotopic (exact) mass is 375 g/mol. The average Bonchev–Trinajstić information content (AvgIpc) is 3.11. The van der Waals surface area contributed by atoms with Crippen LogP contribution < -0.4 is 5.73 Å². The Kier molecular flexibility index (Phi) is 4.93. The van der Waals surface area contributed by atoms with E-state index in [1.807, 2.05) is 35.1 Å². The molecule has 2 aliphatic heterocycles. The van der Waals surface area contributed by atoms with Gasteiger partial charge in [0.2, 0.25) is 0 Å². The second-order valence-corrected chi connectivity index (χ2v) is 6.54. The van der Waals surface area contributed by atoms with Gasteiger partial charge in [-0.25, -0.2) is 4.99 Å². The summed E-state index contributed by atoms with van der Waals surface area (Å²) in [7, 11) is 0. The topological polar surface area (TPSA) is 112 Å². The lowest BCUT2D eigenvalue weighted by Crippen LogP contribution is -2.30. The minimum absolute atomic E-state index is 0.130. The number of ketones is 1. The first kappa shape index (κ1) is 18.0. The van der Waals surface area contributed by atoms with Gasteiger partial charge in [-0.05, 0) is 17.7 Å². The summed E-state index contributed by atoms with van der Waals surface area (Å²) in [4.78, 5) is 30.3. The zero-order valence-electron chi connectivity index (χ0n) is 14.9. The molecule has 4 rings (SSSR count). The molecule has 3 heterocycles. The largest absolute Gasteiger partial charge is 0.377 e. The van der Waals surface area contributed by atoms with Gasteiger partial charge in [-0.3, -0.25) is 14.3 Å². The molecule has 0 spiro atoms. The lowest BCUT2D eigenvalue weighted by Gasteiger charge is -2.25. The summed E-state index contributed by atoms with van der Waals surface area (Å²) in [5.74, 6) is 4.67. The quantitative estimate of drug-likeness (QED) is 0.628. The minimum atomic E-state index is -0.809. The first-order valence-corrected chi connectivity index (χ1v) is 8.77. The van der Waals surface area contributed by atoms with Gasteiger partial charge in [0.15, 0.2) is 0 Å². The van der Waals surface area contributed by atoms with Gasteiger partial charge < -0.3 is 10.5 Å². The molecule has 1 aromatic carbocycles. The molecule has 1 amide bonds. The molecule has 140 valence electrons.